The number of halogens is 1. The van der Waals surface area contributed by atoms with Gasteiger partial charge in [0.25, 0.3) is 0 Å². The van der Waals surface area contributed by atoms with E-state index in [4.69, 9.17) is 0 Å². The van der Waals surface area contributed by atoms with Crippen LogP contribution in [0.4, 0.5) is 10.1 Å². The van der Waals surface area contributed by atoms with Crippen LogP contribution in [0.15, 0.2) is 48.5 Å². The predicted molar refractivity (Wildman–Crippen MR) is 87.4 cm³/mol. The molecular formula is C17H20FNOS. The molecule has 4 heteroatoms. The molecule has 21 heavy (non-hydrogen) atoms. The van der Waals surface area contributed by atoms with Gasteiger partial charge in [0.2, 0.25) is 0 Å². The highest BCUT2D eigenvalue weighted by atomic mass is 32.2. The third-order valence-electron chi connectivity index (χ3n) is 3.19. The van der Waals surface area contributed by atoms with E-state index < -0.39 is 10.8 Å². The Bertz CT molecular complexity index is 630. The van der Waals surface area contributed by atoms with Gasteiger partial charge in [0, 0.05) is 34.5 Å². The van der Waals surface area contributed by atoms with Crippen molar-refractivity contribution in [2.45, 2.75) is 25.1 Å². The fourth-order valence-corrected chi connectivity index (χ4v) is 2.96. The van der Waals surface area contributed by atoms with E-state index in [9.17, 15) is 8.60 Å². The van der Waals surface area contributed by atoms with Crippen LogP contribution in [0.2, 0.25) is 0 Å². The van der Waals surface area contributed by atoms with E-state index in [-0.39, 0.29) is 11.9 Å². The Morgan fingerprint density at radius 1 is 1.19 bits per heavy atom. The number of nitrogens with one attached hydrogen (secondary N) is 1. The molecule has 0 bridgehead atoms. The molecule has 0 aliphatic carbocycles. The van der Waals surface area contributed by atoms with Crippen molar-refractivity contribution in [3.63, 3.8) is 0 Å². The summed E-state index contributed by atoms with van der Waals surface area (Å²) in [5, 5.41) is 3.37. The van der Waals surface area contributed by atoms with Crippen LogP contribution < -0.4 is 5.32 Å². The summed E-state index contributed by atoms with van der Waals surface area (Å²) in [7, 11) is -0.849. The van der Waals surface area contributed by atoms with Crippen LogP contribution >= 0.6 is 0 Å². The molecule has 2 nitrogen and oxygen atoms in total. The molecule has 2 rings (SSSR count). The average Bonchev–Trinajstić information content (AvgIpc) is 2.41. The molecule has 0 aliphatic rings. The lowest BCUT2D eigenvalue weighted by atomic mass is 10.1. The molecule has 0 aliphatic heterocycles. The number of hydrogen-bond acceptors (Lipinski definition) is 2. The number of hydrogen-bond donors (Lipinski definition) is 1. The van der Waals surface area contributed by atoms with E-state index in [1.807, 2.05) is 43.3 Å². The predicted octanol–water partition coefficient (Wildman–Crippen LogP) is 3.75. The summed E-state index contributed by atoms with van der Waals surface area (Å²) in [6.45, 7) is 2.02. The lowest BCUT2D eigenvalue weighted by Gasteiger charge is -2.16. The molecule has 0 aromatic heterocycles. The Kier molecular flexibility index (Phi) is 5.51. The zero-order valence-corrected chi connectivity index (χ0v) is 13.1. The highest BCUT2D eigenvalue weighted by Gasteiger charge is 2.08. The third-order valence-corrected chi connectivity index (χ3v) is 3.93. The molecule has 2 atom stereocenters. The number of anilines is 1. The minimum absolute atomic E-state index is 0.115. The first-order chi connectivity index (χ1) is 10.0. The van der Waals surface area contributed by atoms with E-state index in [0.29, 0.717) is 17.7 Å². The Morgan fingerprint density at radius 3 is 2.67 bits per heavy atom. The average molecular weight is 305 g/mol. The molecule has 0 unspecified atom stereocenters. The molecule has 0 fully saturated rings. The van der Waals surface area contributed by atoms with Gasteiger partial charge >= 0.3 is 0 Å². The molecule has 2 aromatic carbocycles. The highest BCUT2D eigenvalue weighted by molar-refractivity contribution is 7.83. The van der Waals surface area contributed by atoms with Gasteiger partial charge in [0.05, 0.1) is 0 Å². The van der Waals surface area contributed by atoms with Crippen molar-refractivity contribution in [3.8, 4) is 0 Å². The fraction of sp³-hybridized carbons (Fsp3) is 0.294. The Morgan fingerprint density at radius 2 is 1.95 bits per heavy atom. The number of rotatable bonds is 6. The number of benzene rings is 2. The summed E-state index contributed by atoms with van der Waals surface area (Å²) in [6, 6.07) is 14.8. The normalized spacial score (nSPS) is 13.7. The van der Waals surface area contributed by atoms with E-state index in [1.165, 1.54) is 6.07 Å². The van der Waals surface area contributed by atoms with Gasteiger partial charge < -0.3 is 5.32 Å². The summed E-state index contributed by atoms with van der Waals surface area (Å²) >= 11 is 0. The van der Waals surface area contributed by atoms with Crippen molar-refractivity contribution in [1.82, 2.24) is 0 Å². The van der Waals surface area contributed by atoms with E-state index >= 15 is 0 Å². The van der Waals surface area contributed by atoms with Gasteiger partial charge in [-0.05, 0) is 42.7 Å². The van der Waals surface area contributed by atoms with Crippen LogP contribution in [-0.2, 0) is 23.0 Å². The van der Waals surface area contributed by atoms with Crippen LogP contribution in [0, 0.1) is 5.82 Å². The second kappa shape index (κ2) is 7.36. The quantitative estimate of drug-likeness (QED) is 0.880. The summed E-state index contributed by atoms with van der Waals surface area (Å²) in [5.41, 5.74) is 2.73. The molecule has 0 amide bonds. The molecule has 0 saturated carbocycles. The van der Waals surface area contributed by atoms with Gasteiger partial charge in [-0.1, -0.05) is 30.3 Å². The van der Waals surface area contributed by atoms with E-state index in [1.54, 1.807) is 12.3 Å². The maximum Gasteiger partial charge on any atom is 0.126 e. The molecule has 2 aromatic rings. The van der Waals surface area contributed by atoms with Crippen LogP contribution in [0.25, 0.3) is 0 Å². The molecule has 112 valence electrons. The van der Waals surface area contributed by atoms with Gasteiger partial charge in [-0.3, -0.25) is 4.21 Å². The van der Waals surface area contributed by atoms with Gasteiger partial charge in [-0.25, -0.2) is 4.39 Å². The van der Waals surface area contributed by atoms with Crippen molar-refractivity contribution in [2.24, 2.45) is 0 Å². The maximum absolute atomic E-state index is 13.6. The topological polar surface area (TPSA) is 29.1 Å². The molecule has 0 saturated heterocycles. The van der Waals surface area contributed by atoms with Crippen LogP contribution in [0.3, 0.4) is 0 Å². The van der Waals surface area contributed by atoms with Crippen molar-refractivity contribution < 1.29 is 8.60 Å². The Hall–Kier alpha value is -1.68. The summed E-state index contributed by atoms with van der Waals surface area (Å²) in [4.78, 5) is 0. The largest absolute Gasteiger partial charge is 0.382 e. The zero-order chi connectivity index (χ0) is 15.2. The lowest BCUT2D eigenvalue weighted by molar-refractivity contribution is 0.601. The van der Waals surface area contributed by atoms with Crippen molar-refractivity contribution in [3.05, 3.63) is 65.5 Å². The Labute approximate surface area is 127 Å². The SMILES string of the molecule is C[C@H](Cc1ccccc1F)Nc1cccc(C[S@@](C)=O)c1. The van der Waals surface area contributed by atoms with Gasteiger partial charge in [0.15, 0.2) is 0 Å². The summed E-state index contributed by atoms with van der Waals surface area (Å²) in [5.74, 6) is 0.387. The van der Waals surface area contributed by atoms with Gasteiger partial charge in [0.1, 0.15) is 5.82 Å². The van der Waals surface area contributed by atoms with Crippen molar-refractivity contribution in [1.29, 1.82) is 0 Å². The van der Waals surface area contributed by atoms with E-state index in [0.717, 1.165) is 11.3 Å². The van der Waals surface area contributed by atoms with E-state index in [2.05, 4.69) is 5.32 Å². The summed E-state index contributed by atoms with van der Waals surface area (Å²) in [6.07, 6.45) is 2.32. The first kappa shape index (κ1) is 15.7. The molecular weight excluding hydrogens is 285 g/mol. The second-order valence-corrected chi connectivity index (χ2v) is 6.69. The van der Waals surface area contributed by atoms with Crippen LogP contribution in [0.1, 0.15) is 18.1 Å². The summed E-state index contributed by atoms with van der Waals surface area (Å²) < 4.78 is 24.9. The smallest absolute Gasteiger partial charge is 0.126 e. The third kappa shape index (κ3) is 4.97. The zero-order valence-electron chi connectivity index (χ0n) is 12.3. The molecule has 0 radical (unpaired) electrons. The minimum Gasteiger partial charge on any atom is -0.382 e. The van der Waals surface area contributed by atoms with Crippen LogP contribution in [-0.4, -0.2) is 16.5 Å². The van der Waals surface area contributed by atoms with Crippen molar-refractivity contribution in [2.75, 3.05) is 11.6 Å². The van der Waals surface area contributed by atoms with Gasteiger partial charge in [-0.2, -0.15) is 0 Å². The lowest BCUT2D eigenvalue weighted by Crippen LogP contribution is -2.18. The highest BCUT2D eigenvalue weighted by Crippen LogP contribution is 2.16. The standard InChI is InChI=1S/C17H20FNOS/c1-13(10-15-7-3-4-9-17(15)18)19-16-8-5-6-14(11-16)12-21(2)20/h3-9,11,13,19H,10,12H2,1-2H3/t13-,21-/m1/s1. The second-order valence-electron chi connectivity index (χ2n) is 5.26. The maximum atomic E-state index is 13.6. The molecule has 0 spiro atoms. The molecule has 0 heterocycles. The minimum atomic E-state index is -0.849. The first-order valence-electron chi connectivity index (χ1n) is 6.93. The first-order valence-corrected chi connectivity index (χ1v) is 8.66. The van der Waals surface area contributed by atoms with Crippen LogP contribution in [0.5, 0.6) is 0 Å². The monoisotopic (exact) mass is 305 g/mol. The Balaban J connectivity index is 2.01. The molecule has 1 N–H and O–H groups in total. The fourth-order valence-electron chi connectivity index (χ4n) is 2.31. The van der Waals surface area contributed by atoms with Gasteiger partial charge in [-0.15, -0.1) is 0 Å². The van der Waals surface area contributed by atoms with Crippen molar-refractivity contribution >= 4 is 16.5 Å².